The van der Waals surface area contributed by atoms with Crippen LogP contribution in [0.25, 0.3) is 0 Å². The van der Waals surface area contributed by atoms with Crippen LogP contribution in [0.1, 0.15) is 0 Å². The summed E-state index contributed by atoms with van der Waals surface area (Å²) >= 11 is 0. The zero-order valence-electron chi connectivity index (χ0n) is 10.6. The summed E-state index contributed by atoms with van der Waals surface area (Å²) in [5.74, 6) is -0.461. The summed E-state index contributed by atoms with van der Waals surface area (Å²) in [6, 6.07) is 15.3. The topological polar surface area (TPSA) is 32.3 Å². The van der Waals surface area contributed by atoms with Crippen molar-refractivity contribution in [2.45, 2.75) is 0 Å². The molecule has 0 heterocycles. The maximum Gasteiger partial charge on any atom is 0.243 e. The van der Waals surface area contributed by atoms with E-state index in [2.05, 4.69) is 5.32 Å². The molecule has 0 bridgehead atoms. The molecule has 0 aliphatic rings. The molecule has 2 aromatic carbocycles. The van der Waals surface area contributed by atoms with E-state index in [4.69, 9.17) is 0 Å². The van der Waals surface area contributed by atoms with E-state index in [-0.39, 0.29) is 18.3 Å². The standard InChI is InChI=1S/C15H15FN2O/c1-18(14-5-3-2-4-6-14)11-15(19)17-13-9-7-12(16)8-10-13/h2-10H,11H2,1H3,(H,17,19). The van der Waals surface area contributed by atoms with Crippen LogP contribution in [0.5, 0.6) is 0 Å². The predicted octanol–water partition coefficient (Wildman–Crippen LogP) is 2.90. The number of carbonyl (C=O) groups is 1. The summed E-state index contributed by atoms with van der Waals surface area (Å²) in [6.07, 6.45) is 0. The van der Waals surface area contributed by atoms with Gasteiger partial charge < -0.3 is 10.2 Å². The number of para-hydroxylation sites is 1. The third-order valence-electron chi connectivity index (χ3n) is 2.71. The fraction of sp³-hybridized carbons (Fsp3) is 0.133. The predicted molar refractivity (Wildman–Crippen MR) is 74.7 cm³/mol. The quantitative estimate of drug-likeness (QED) is 0.914. The Bertz CT molecular complexity index is 540. The molecule has 0 saturated heterocycles. The molecule has 0 aromatic heterocycles. The first-order valence-electron chi connectivity index (χ1n) is 5.97. The molecule has 0 spiro atoms. The van der Waals surface area contributed by atoms with Gasteiger partial charge in [-0.3, -0.25) is 4.79 Å². The average molecular weight is 258 g/mol. The first-order valence-corrected chi connectivity index (χ1v) is 5.97. The molecule has 0 radical (unpaired) electrons. The zero-order chi connectivity index (χ0) is 13.7. The van der Waals surface area contributed by atoms with Gasteiger partial charge in [0.15, 0.2) is 0 Å². The van der Waals surface area contributed by atoms with E-state index in [0.29, 0.717) is 5.69 Å². The summed E-state index contributed by atoms with van der Waals surface area (Å²) < 4.78 is 12.7. The summed E-state index contributed by atoms with van der Waals surface area (Å²) in [4.78, 5) is 13.7. The first-order chi connectivity index (χ1) is 9.15. The van der Waals surface area contributed by atoms with Crippen LogP contribution in [-0.2, 0) is 4.79 Å². The van der Waals surface area contributed by atoms with Gasteiger partial charge >= 0.3 is 0 Å². The summed E-state index contributed by atoms with van der Waals surface area (Å²) in [5.41, 5.74) is 1.56. The number of carbonyl (C=O) groups excluding carboxylic acids is 1. The molecule has 19 heavy (non-hydrogen) atoms. The van der Waals surface area contributed by atoms with Crippen molar-refractivity contribution in [1.29, 1.82) is 0 Å². The van der Waals surface area contributed by atoms with E-state index in [1.807, 2.05) is 42.3 Å². The smallest absolute Gasteiger partial charge is 0.243 e. The minimum Gasteiger partial charge on any atom is -0.365 e. The number of rotatable bonds is 4. The molecule has 98 valence electrons. The molecule has 0 aliphatic carbocycles. The highest BCUT2D eigenvalue weighted by atomic mass is 19.1. The van der Waals surface area contributed by atoms with E-state index in [1.54, 1.807) is 0 Å². The number of nitrogens with zero attached hydrogens (tertiary/aromatic N) is 1. The highest BCUT2D eigenvalue weighted by Crippen LogP contribution is 2.12. The molecule has 1 amide bonds. The largest absolute Gasteiger partial charge is 0.365 e. The number of likely N-dealkylation sites (N-methyl/N-ethyl adjacent to an activating group) is 1. The first kappa shape index (κ1) is 13.1. The molecular formula is C15H15FN2O. The SMILES string of the molecule is CN(CC(=O)Nc1ccc(F)cc1)c1ccccc1. The number of benzene rings is 2. The van der Waals surface area contributed by atoms with Crippen molar-refractivity contribution in [2.24, 2.45) is 0 Å². The molecule has 0 fully saturated rings. The fourth-order valence-corrected chi connectivity index (χ4v) is 1.72. The van der Waals surface area contributed by atoms with E-state index in [0.717, 1.165) is 5.69 Å². The Morgan fingerprint density at radius 1 is 1.11 bits per heavy atom. The summed E-state index contributed by atoms with van der Waals surface area (Å²) in [6.45, 7) is 0.237. The molecule has 0 unspecified atom stereocenters. The van der Waals surface area contributed by atoms with Gasteiger partial charge in [0.2, 0.25) is 5.91 Å². The third kappa shape index (κ3) is 3.81. The van der Waals surface area contributed by atoms with Crippen LogP contribution >= 0.6 is 0 Å². The van der Waals surface area contributed by atoms with Gasteiger partial charge in [-0.15, -0.1) is 0 Å². The van der Waals surface area contributed by atoms with Crippen LogP contribution in [0, 0.1) is 5.82 Å². The van der Waals surface area contributed by atoms with Crippen molar-refractivity contribution in [3.8, 4) is 0 Å². The highest BCUT2D eigenvalue weighted by molar-refractivity contribution is 5.93. The van der Waals surface area contributed by atoms with Gasteiger partial charge in [-0.05, 0) is 36.4 Å². The minimum absolute atomic E-state index is 0.141. The van der Waals surface area contributed by atoms with E-state index in [1.165, 1.54) is 24.3 Å². The Balaban J connectivity index is 1.93. The third-order valence-corrected chi connectivity index (χ3v) is 2.71. The monoisotopic (exact) mass is 258 g/mol. The van der Waals surface area contributed by atoms with Gasteiger partial charge in [0.05, 0.1) is 6.54 Å². The molecule has 1 N–H and O–H groups in total. The number of hydrogen-bond acceptors (Lipinski definition) is 2. The van der Waals surface area contributed by atoms with Crippen molar-refractivity contribution in [3.63, 3.8) is 0 Å². The van der Waals surface area contributed by atoms with Crippen LogP contribution in [0.3, 0.4) is 0 Å². The van der Waals surface area contributed by atoms with Crippen molar-refractivity contribution < 1.29 is 9.18 Å². The van der Waals surface area contributed by atoms with Gasteiger partial charge in [0, 0.05) is 18.4 Å². The summed E-state index contributed by atoms with van der Waals surface area (Å²) in [7, 11) is 1.85. The maximum absolute atomic E-state index is 12.7. The Labute approximate surface area is 111 Å². The van der Waals surface area contributed by atoms with E-state index >= 15 is 0 Å². The lowest BCUT2D eigenvalue weighted by atomic mass is 10.3. The van der Waals surface area contributed by atoms with Crippen LogP contribution in [0.15, 0.2) is 54.6 Å². The molecule has 2 rings (SSSR count). The van der Waals surface area contributed by atoms with Crippen LogP contribution < -0.4 is 10.2 Å². The highest BCUT2D eigenvalue weighted by Gasteiger charge is 2.07. The molecule has 0 atom stereocenters. The summed E-state index contributed by atoms with van der Waals surface area (Å²) in [5, 5.41) is 2.72. The van der Waals surface area contributed by atoms with Crippen molar-refractivity contribution in [1.82, 2.24) is 0 Å². The second-order valence-electron chi connectivity index (χ2n) is 4.25. The van der Waals surface area contributed by atoms with Gasteiger partial charge in [0.1, 0.15) is 5.82 Å². The Hall–Kier alpha value is -2.36. The second kappa shape index (κ2) is 6.00. The maximum atomic E-state index is 12.7. The Kier molecular flexibility index (Phi) is 4.13. The number of amides is 1. The van der Waals surface area contributed by atoms with Crippen LogP contribution in [-0.4, -0.2) is 19.5 Å². The van der Waals surface area contributed by atoms with Gasteiger partial charge in [0.25, 0.3) is 0 Å². The average Bonchev–Trinajstić information content (AvgIpc) is 2.42. The van der Waals surface area contributed by atoms with E-state index < -0.39 is 0 Å². The number of hydrogen-bond donors (Lipinski definition) is 1. The molecule has 2 aromatic rings. The lowest BCUT2D eigenvalue weighted by Crippen LogP contribution is -2.29. The normalized spacial score (nSPS) is 10.0. The lowest BCUT2D eigenvalue weighted by Gasteiger charge is -2.18. The molecular weight excluding hydrogens is 243 g/mol. The van der Waals surface area contributed by atoms with Crippen molar-refractivity contribution in [2.75, 3.05) is 23.8 Å². The van der Waals surface area contributed by atoms with Gasteiger partial charge in [-0.25, -0.2) is 4.39 Å². The van der Waals surface area contributed by atoms with E-state index in [9.17, 15) is 9.18 Å². The van der Waals surface area contributed by atoms with Crippen molar-refractivity contribution >= 4 is 17.3 Å². The lowest BCUT2D eigenvalue weighted by molar-refractivity contribution is -0.114. The van der Waals surface area contributed by atoms with Crippen molar-refractivity contribution in [3.05, 3.63) is 60.4 Å². The molecule has 3 nitrogen and oxygen atoms in total. The fourth-order valence-electron chi connectivity index (χ4n) is 1.72. The van der Waals surface area contributed by atoms with Gasteiger partial charge in [-0.2, -0.15) is 0 Å². The zero-order valence-corrected chi connectivity index (χ0v) is 10.6. The van der Waals surface area contributed by atoms with Gasteiger partial charge in [-0.1, -0.05) is 18.2 Å². The number of anilines is 2. The van der Waals surface area contributed by atoms with Crippen LogP contribution in [0.4, 0.5) is 15.8 Å². The minimum atomic E-state index is -0.320. The number of halogens is 1. The van der Waals surface area contributed by atoms with Crippen LogP contribution in [0.2, 0.25) is 0 Å². The molecule has 0 saturated carbocycles. The number of nitrogens with one attached hydrogen (secondary N) is 1. The molecule has 4 heteroatoms. The Morgan fingerprint density at radius 3 is 2.37 bits per heavy atom. The molecule has 0 aliphatic heterocycles. The Morgan fingerprint density at radius 2 is 1.74 bits per heavy atom. The second-order valence-corrected chi connectivity index (χ2v) is 4.25.